The van der Waals surface area contributed by atoms with Crippen molar-refractivity contribution in [1.29, 1.82) is 0 Å². The highest BCUT2D eigenvalue weighted by atomic mass is 79.9. The van der Waals surface area contributed by atoms with E-state index < -0.39 is 6.09 Å². The number of hydrogen-bond acceptors (Lipinski definition) is 4. The van der Waals surface area contributed by atoms with Crippen LogP contribution in [-0.2, 0) is 11.3 Å². The molecule has 0 radical (unpaired) electrons. The summed E-state index contributed by atoms with van der Waals surface area (Å²) in [7, 11) is 1.21. The van der Waals surface area contributed by atoms with E-state index >= 15 is 0 Å². The molecule has 0 bridgehead atoms. The molecule has 2 rings (SSSR count). The standard InChI is InChI=1S/C17H18BrNO4/c1-11-8-14(18)16(9-12(11)2)23-10-13-6-4-5-7-15(13)19(21)17(20)22-3/h4-9,21H,10H2,1-3H3. The first-order valence-electron chi connectivity index (χ1n) is 6.98. The molecule has 23 heavy (non-hydrogen) atoms. The molecule has 1 amide bonds. The molecule has 0 aromatic heterocycles. The average molecular weight is 380 g/mol. The Bertz CT molecular complexity index is 718. The number of halogens is 1. The lowest BCUT2D eigenvalue weighted by atomic mass is 10.1. The van der Waals surface area contributed by atoms with Crippen LogP contribution in [0.1, 0.15) is 16.7 Å². The molecule has 122 valence electrons. The van der Waals surface area contributed by atoms with Gasteiger partial charge in [0.2, 0.25) is 0 Å². The summed E-state index contributed by atoms with van der Waals surface area (Å²) >= 11 is 3.48. The Morgan fingerprint density at radius 3 is 2.57 bits per heavy atom. The molecule has 0 saturated heterocycles. The third kappa shape index (κ3) is 4.03. The first-order valence-corrected chi connectivity index (χ1v) is 7.77. The normalized spacial score (nSPS) is 10.3. The van der Waals surface area contributed by atoms with Gasteiger partial charge in [0, 0.05) is 5.56 Å². The van der Waals surface area contributed by atoms with E-state index in [4.69, 9.17) is 4.74 Å². The number of hydrogen-bond donors (Lipinski definition) is 1. The van der Waals surface area contributed by atoms with Crippen LogP contribution in [0.25, 0.3) is 0 Å². The largest absolute Gasteiger partial charge is 0.488 e. The number of ether oxygens (including phenoxy) is 2. The summed E-state index contributed by atoms with van der Waals surface area (Å²) in [6.07, 6.45) is -0.857. The maximum atomic E-state index is 11.5. The van der Waals surface area contributed by atoms with Crippen molar-refractivity contribution in [3.05, 3.63) is 57.6 Å². The number of amides is 1. The molecule has 0 heterocycles. The summed E-state index contributed by atoms with van der Waals surface area (Å²) in [5, 5.41) is 10.4. The Labute approximate surface area is 143 Å². The van der Waals surface area contributed by atoms with Crippen LogP contribution in [0.5, 0.6) is 5.75 Å². The maximum Gasteiger partial charge on any atom is 0.438 e. The molecule has 0 aliphatic carbocycles. The Morgan fingerprint density at radius 2 is 1.87 bits per heavy atom. The zero-order chi connectivity index (χ0) is 17.0. The Morgan fingerprint density at radius 1 is 1.22 bits per heavy atom. The second kappa shape index (κ2) is 7.48. The summed E-state index contributed by atoms with van der Waals surface area (Å²) in [6.45, 7) is 4.24. The molecule has 6 heteroatoms. The molecular formula is C17H18BrNO4. The van der Waals surface area contributed by atoms with E-state index in [1.807, 2.05) is 32.0 Å². The summed E-state index contributed by atoms with van der Waals surface area (Å²) < 4.78 is 11.2. The zero-order valence-corrected chi connectivity index (χ0v) is 14.8. The quantitative estimate of drug-likeness (QED) is 0.622. The van der Waals surface area contributed by atoms with Crippen molar-refractivity contribution in [3.8, 4) is 5.75 Å². The van der Waals surface area contributed by atoms with Crippen molar-refractivity contribution in [1.82, 2.24) is 0 Å². The van der Waals surface area contributed by atoms with Crippen molar-refractivity contribution in [3.63, 3.8) is 0 Å². The molecule has 0 aliphatic rings. The van der Waals surface area contributed by atoms with E-state index in [0.717, 1.165) is 15.6 Å². The molecule has 0 fully saturated rings. The highest BCUT2D eigenvalue weighted by Crippen LogP contribution is 2.30. The fourth-order valence-electron chi connectivity index (χ4n) is 2.04. The number of hydroxylamine groups is 1. The lowest BCUT2D eigenvalue weighted by Gasteiger charge is -2.18. The van der Waals surface area contributed by atoms with Gasteiger partial charge < -0.3 is 9.47 Å². The number of rotatable bonds is 4. The van der Waals surface area contributed by atoms with Crippen LogP contribution in [0.15, 0.2) is 40.9 Å². The summed E-state index contributed by atoms with van der Waals surface area (Å²) in [5.74, 6) is 0.700. The van der Waals surface area contributed by atoms with Gasteiger partial charge in [0.1, 0.15) is 12.4 Å². The minimum atomic E-state index is -0.857. The highest BCUT2D eigenvalue weighted by Gasteiger charge is 2.17. The molecule has 0 aliphatic heterocycles. The molecule has 1 N–H and O–H groups in total. The zero-order valence-electron chi connectivity index (χ0n) is 13.2. The monoisotopic (exact) mass is 379 g/mol. The number of nitrogens with zero attached hydrogens (tertiary/aromatic N) is 1. The number of benzene rings is 2. The Hall–Kier alpha value is -2.05. The number of para-hydroxylation sites is 1. The van der Waals surface area contributed by atoms with Crippen LogP contribution in [0.4, 0.5) is 10.5 Å². The Kier molecular flexibility index (Phi) is 5.63. The first kappa shape index (κ1) is 17.3. The van der Waals surface area contributed by atoms with Crippen LogP contribution >= 0.6 is 15.9 Å². The van der Waals surface area contributed by atoms with Crippen LogP contribution in [0.3, 0.4) is 0 Å². The fraction of sp³-hybridized carbons (Fsp3) is 0.235. The van der Waals surface area contributed by atoms with Gasteiger partial charge in [0.25, 0.3) is 0 Å². The van der Waals surface area contributed by atoms with Gasteiger partial charge in [-0.2, -0.15) is 5.06 Å². The summed E-state index contributed by atoms with van der Waals surface area (Å²) in [4.78, 5) is 11.5. The molecule has 0 unspecified atom stereocenters. The van der Waals surface area contributed by atoms with E-state index in [0.29, 0.717) is 22.1 Å². The summed E-state index contributed by atoms with van der Waals surface area (Å²) in [6, 6.07) is 10.9. The van der Waals surface area contributed by atoms with E-state index in [1.54, 1.807) is 18.2 Å². The molecule has 5 nitrogen and oxygen atoms in total. The number of anilines is 1. The van der Waals surface area contributed by atoms with Gasteiger partial charge in [-0.3, -0.25) is 5.21 Å². The van der Waals surface area contributed by atoms with E-state index in [9.17, 15) is 10.0 Å². The highest BCUT2D eigenvalue weighted by molar-refractivity contribution is 9.10. The van der Waals surface area contributed by atoms with Gasteiger partial charge in [0.05, 0.1) is 17.3 Å². The predicted molar refractivity (Wildman–Crippen MR) is 91.1 cm³/mol. The number of carbonyl (C=O) groups excluding carboxylic acids is 1. The molecular weight excluding hydrogens is 362 g/mol. The molecule has 2 aromatic rings. The molecule has 2 aromatic carbocycles. The SMILES string of the molecule is COC(=O)N(O)c1ccccc1COc1cc(C)c(C)cc1Br. The van der Waals surface area contributed by atoms with Crippen LogP contribution in [0, 0.1) is 13.8 Å². The topological polar surface area (TPSA) is 59.0 Å². The average Bonchev–Trinajstić information content (AvgIpc) is 2.55. The molecule has 0 spiro atoms. The van der Waals surface area contributed by atoms with Crippen molar-refractivity contribution in [2.45, 2.75) is 20.5 Å². The first-order chi connectivity index (χ1) is 10.9. The van der Waals surface area contributed by atoms with Crippen molar-refractivity contribution < 1.29 is 19.5 Å². The van der Waals surface area contributed by atoms with Gasteiger partial charge in [0.15, 0.2) is 0 Å². The van der Waals surface area contributed by atoms with Crippen LogP contribution in [0.2, 0.25) is 0 Å². The van der Waals surface area contributed by atoms with Gasteiger partial charge >= 0.3 is 6.09 Å². The second-order valence-electron chi connectivity index (χ2n) is 5.07. The van der Waals surface area contributed by atoms with Gasteiger partial charge in [-0.15, -0.1) is 0 Å². The van der Waals surface area contributed by atoms with Crippen LogP contribution in [-0.4, -0.2) is 18.4 Å². The Balaban J connectivity index is 2.22. The van der Waals surface area contributed by atoms with E-state index in [-0.39, 0.29) is 6.61 Å². The number of carbonyl (C=O) groups is 1. The molecule has 0 atom stereocenters. The van der Waals surface area contributed by atoms with Gasteiger partial charge in [-0.25, -0.2) is 4.79 Å². The van der Waals surface area contributed by atoms with Crippen molar-refractivity contribution >= 4 is 27.7 Å². The van der Waals surface area contributed by atoms with Crippen LogP contribution < -0.4 is 9.80 Å². The third-order valence-corrected chi connectivity index (χ3v) is 4.12. The molecule has 0 saturated carbocycles. The minimum absolute atomic E-state index is 0.200. The lowest BCUT2D eigenvalue weighted by Crippen LogP contribution is -2.27. The van der Waals surface area contributed by atoms with E-state index in [1.165, 1.54) is 7.11 Å². The minimum Gasteiger partial charge on any atom is -0.488 e. The fourth-order valence-corrected chi connectivity index (χ4v) is 2.62. The number of aryl methyl sites for hydroxylation is 2. The smallest absolute Gasteiger partial charge is 0.438 e. The second-order valence-corrected chi connectivity index (χ2v) is 5.92. The van der Waals surface area contributed by atoms with Crippen molar-refractivity contribution in [2.75, 3.05) is 12.2 Å². The summed E-state index contributed by atoms with van der Waals surface area (Å²) in [5.41, 5.74) is 3.26. The number of methoxy groups -OCH3 is 1. The third-order valence-electron chi connectivity index (χ3n) is 3.50. The van der Waals surface area contributed by atoms with E-state index in [2.05, 4.69) is 20.7 Å². The van der Waals surface area contributed by atoms with Gasteiger partial charge in [-0.1, -0.05) is 18.2 Å². The lowest BCUT2D eigenvalue weighted by molar-refractivity contribution is 0.140. The predicted octanol–water partition coefficient (Wildman–Crippen LogP) is 4.61. The van der Waals surface area contributed by atoms with Crippen molar-refractivity contribution in [2.24, 2.45) is 0 Å². The maximum absolute atomic E-state index is 11.5. The van der Waals surface area contributed by atoms with Gasteiger partial charge in [-0.05, 0) is 59.1 Å².